The van der Waals surface area contributed by atoms with E-state index in [1.165, 1.54) is 5.56 Å². The summed E-state index contributed by atoms with van der Waals surface area (Å²) >= 11 is 4.06. The van der Waals surface area contributed by atoms with Gasteiger partial charge in [0.05, 0.1) is 11.6 Å². The largest absolute Gasteiger partial charge is 0.192 e. The summed E-state index contributed by atoms with van der Waals surface area (Å²) < 4.78 is 0. The molecular formula is C18H25NS. The number of aryl methyl sites for hydroxylation is 1. The standard InChI is InChI=1S/C7H5NS.C7H8.2C2H6/c8-5-6-1-3-7(9)4-2-6;1-7-5-3-2-4-6-7;2*1-2/h1-4,9H;2-6H,1H3;2*1-2H3. The van der Waals surface area contributed by atoms with Crippen LogP contribution in [0.5, 0.6) is 0 Å². The number of hydrogen-bond donors (Lipinski definition) is 1. The first-order valence-electron chi connectivity index (χ1n) is 6.93. The van der Waals surface area contributed by atoms with Crippen LogP contribution in [0.4, 0.5) is 0 Å². The summed E-state index contributed by atoms with van der Waals surface area (Å²) in [5, 5.41) is 8.35. The minimum Gasteiger partial charge on any atom is -0.192 e. The van der Waals surface area contributed by atoms with Crippen molar-refractivity contribution in [3.05, 3.63) is 65.7 Å². The van der Waals surface area contributed by atoms with Gasteiger partial charge in [0.1, 0.15) is 0 Å². The van der Waals surface area contributed by atoms with E-state index in [0.717, 1.165) is 4.90 Å². The highest BCUT2D eigenvalue weighted by molar-refractivity contribution is 7.80. The fourth-order valence-electron chi connectivity index (χ4n) is 1.07. The molecule has 0 aromatic heterocycles. The van der Waals surface area contributed by atoms with E-state index >= 15 is 0 Å². The Hall–Kier alpha value is -1.72. The molecule has 0 saturated carbocycles. The molecule has 0 heterocycles. The third kappa shape index (κ3) is 11.4. The van der Waals surface area contributed by atoms with Gasteiger partial charge < -0.3 is 0 Å². The highest BCUT2D eigenvalue weighted by Gasteiger charge is 1.85. The van der Waals surface area contributed by atoms with Crippen molar-refractivity contribution in [2.75, 3.05) is 0 Å². The Morgan fingerprint density at radius 2 is 1.25 bits per heavy atom. The zero-order chi connectivity index (χ0) is 15.8. The van der Waals surface area contributed by atoms with E-state index in [-0.39, 0.29) is 0 Å². The smallest absolute Gasteiger partial charge is 0.0991 e. The summed E-state index contributed by atoms with van der Waals surface area (Å²) in [6, 6.07) is 19.3. The summed E-state index contributed by atoms with van der Waals surface area (Å²) in [5.74, 6) is 0. The Morgan fingerprint density at radius 3 is 1.55 bits per heavy atom. The van der Waals surface area contributed by atoms with Gasteiger partial charge in [-0.25, -0.2) is 0 Å². The van der Waals surface area contributed by atoms with E-state index in [4.69, 9.17) is 5.26 Å². The van der Waals surface area contributed by atoms with Gasteiger partial charge in [0.25, 0.3) is 0 Å². The highest BCUT2D eigenvalue weighted by atomic mass is 32.1. The fourth-order valence-corrected chi connectivity index (χ4v) is 1.22. The second-order valence-corrected chi connectivity index (χ2v) is 3.83. The van der Waals surface area contributed by atoms with E-state index in [2.05, 4.69) is 31.7 Å². The van der Waals surface area contributed by atoms with Crippen LogP contribution in [0.15, 0.2) is 59.5 Å². The summed E-state index contributed by atoms with van der Waals surface area (Å²) in [5.41, 5.74) is 2.00. The molecule has 1 nitrogen and oxygen atoms in total. The highest BCUT2D eigenvalue weighted by Crippen LogP contribution is 2.05. The Balaban J connectivity index is 0. The zero-order valence-corrected chi connectivity index (χ0v) is 14.0. The van der Waals surface area contributed by atoms with Crippen molar-refractivity contribution < 1.29 is 0 Å². The van der Waals surface area contributed by atoms with Crippen molar-refractivity contribution in [1.82, 2.24) is 0 Å². The quantitative estimate of drug-likeness (QED) is 0.600. The number of rotatable bonds is 0. The van der Waals surface area contributed by atoms with Crippen LogP contribution >= 0.6 is 12.6 Å². The number of nitriles is 1. The minimum atomic E-state index is 0.674. The summed E-state index contributed by atoms with van der Waals surface area (Å²) in [4.78, 5) is 0.883. The van der Waals surface area contributed by atoms with Crippen LogP contribution in [-0.4, -0.2) is 0 Å². The van der Waals surface area contributed by atoms with Gasteiger partial charge in [0.15, 0.2) is 0 Å². The summed E-state index contributed by atoms with van der Waals surface area (Å²) in [7, 11) is 0. The molecule has 0 amide bonds. The monoisotopic (exact) mass is 287 g/mol. The lowest BCUT2D eigenvalue weighted by Crippen LogP contribution is -1.69. The lowest BCUT2D eigenvalue weighted by Gasteiger charge is -1.87. The molecule has 2 aromatic carbocycles. The number of thiol groups is 1. The predicted octanol–water partition coefficient (Wildman–Crippen LogP) is 5.89. The molecule has 2 aromatic rings. The van der Waals surface area contributed by atoms with Gasteiger partial charge in [-0.3, -0.25) is 0 Å². The Kier molecular flexibility index (Phi) is 15.8. The first-order valence-corrected chi connectivity index (χ1v) is 7.38. The van der Waals surface area contributed by atoms with Crippen LogP contribution in [0.25, 0.3) is 0 Å². The lowest BCUT2D eigenvalue weighted by molar-refractivity contribution is 1.42. The van der Waals surface area contributed by atoms with E-state index in [1.54, 1.807) is 24.3 Å². The maximum atomic E-state index is 8.35. The van der Waals surface area contributed by atoms with Crippen molar-refractivity contribution in [2.45, 2.75) is 39.5 Å². The molecule has 0 N–H and O–H groups in total. The molecule has 0 unspecified atom stereocenters. The Morgan fingerprint density at radius 1 is 0.800 bits per heavy atom. The molecular weight excluding hydrogens is 262 g/mol. The maximum Gasteiger partial charge on any atom is 0.0991 e. The van der Waals surface area contributed by atoms with Crippen LogP contribution in [-0.2, 0) is 0 Å². The SMILES string of the molecule is CC.CC.Cc1ccccc1.N#Cc1ccc(S)cc1. The lowest BCUT2D eigenvalue weighted by atomic mass is 10.2. The van der Waals surface area contributed by atoms with Crippen LogP contribution in [0, 0.1) is 18.3 Å². The van der Waals surface area contributed by atoms with E-state index in [1.807, 2.05) is 52.0 Å². The molecule has 0 fully saturated rings. The topological polar surface area (TPSA) is 23.8 Å². The van der Waals surface area contributed by atoms with Gasteiger partial charge >= 0.3 is 0 Å². The molecule has 2 rings (SSSR count). The first-order chi connectivity index (χ1) is 9.72. The first kappa shape index (κ1) is 20.6. The van der Waals surface area contributed by atoms with Crippen LogP contribution in [0.1, 0.15) is 38.8 Å². The Bertz CT molecular complexity index is 455. The van der Waals surface area contributed by atoms with E-state index in [0.29, 0.717) is 5.56 Å². The summed E-state index contributed by atoms with van der Waals surface area (Å²) in [6.07, 6.45) is 0. The second kappa shape index (κ2) is 15.3. The molecule has 20 heavy (non-hydrogen) atoms. The van der Waals surface area contributed by atoms with Gasteiger partial charge in [0.2, 0.25) is 0 Å². The molecule has 0 spiro atoms. The van der Waals surface area contributed by atoms with E-state index in [9.17, 15) is 0 Å². The second-order valence-electron chi connectivity index (χ2n) is 3.31. The van der Waals surface area contributed by atoms with Crippen LogP contribution < -0.4 is 0 Å². The van der Waals surface area contributed by atoms with Crippen molar-refractivity contribution >= 4 is 12.6 Å². The van der Waals surface area contributed by atoms with Gasteiger partial charge in [-0.05, 0) is 31.2 Å². The molecule has 0 aliphatic heterocycles. The van der Waals surface area contributed by atoms with Crippen molar-refractivity contribution in [1.29, 1.82) is 5.26 Å². The average Bonchev–Trinajstić information content (AvgIpc) is 2.53. The third-order valence-corrected chi connectivity index (χ3v) is 2.24. The minimum absolute atomic E-state index is 0.674. The van der Waals surface area contributed by atoms with Crippen LogP contribution in [0.3, 0.4) is 0 Å². The molecule has 0 saturated heterocycles. The van der Waals surface area contributed by atoms with Gasteiger partial charge in [0, 0.05) is 4.90 Å². The van der Waals surface area contributed by atoms with Gasteiger partial charge in [-0.2, -0.15) is 5.26 Å². The van der Waals surface area contributed by atoms with Crippen molar-refractivity contribution in [3.63, 3.8) is 0 Å². The van der Waals surface area contributed by atoms with Gasteiger partial charge in [-0.15, -0.1) is 12.6 Å². The molecule has 0 aliphatic rings. The fraction of sp³-hybridized carbons (Fsp3) is 0.278. The third-order valence-electron chi connectivity index (χ3n) is 1.94. The predicted molar refractivity (Wildman–Crippen MR) is 92.3 cm³/mol. The van der Waals surface area contributed by atoms with Crippen LogP contribution in [0.2, 0.25) is 0 Å². The zero-order valence-electron chi connectivity index (χ0n) is 13.1. The van der Waals surface area contributed by atoms with Crippen molar-refractivity contribution in [3.8, 4) is 6.07 Å². The molecule has 2 heteroatoms. The summed E-state index contributed by atoms with van der Waals surface area (Å²) in [6.45, 7) is 10.1. The molecule has 108 valence electrons. The van der Waals surface area contributed by atoms with Crippen molar-refractivity contribution in [2.24, 2.45) is 0 Å². The van der Waals surface area contributed by atoms with Gasteiger partial charge in [-0.1, -0.05) is 63.6 Å². The number of hydrogen-bond acceptors (Lipinski definition) is 2. The Labute approximate surface area is 129 Å². The molecule has 0 aliphatic carbocycles. The number of benzene rings is 2. The average molecular weight is 287 g/mol. The van der Waals surface area contributed by atoms with E-state index < -0.39 is 0 Å². The molecule has 0 radical (unpaired) electrons. The molecule has 0 atom stereocenters. The maximum absolute atomic E-state index is 8.35. The normalized spacial score (nSPS) is 7.45. The molecule has 0 bridgehead atoms. The number of nitrogens with zero attached hydrogens (tertiary/aromatic N) is 1.